The highest BCUT2D eigenvalue weighted by atomic mass is 15.3. The van der Waals surface area contributed by atoms with E-state index in [1.807, 2.05) is 12.1 Å². The Morgan fingerprint density at radius 3 is 2.83 bits per heavy atom. The van der Waals surface area contributed by atoms with Gasteiger partial charge in [-0.2, -0.15) is 10.1 Å². The lowest BCUT2D eigenvalue weighted by Crippen LogP contribution is -2.16. The maximum atomic E-state index is 4.64. The average Bonchev–Trinajstić information content (AvgIpc) is 3.05. The Morgan fingerprint density at radius 2 is 1.92 bits per heavy atom. The van der Waals surface area contributed by atoms with Crippen molar-refractivity contribution in [2.75, 3.05) is 16.8 Å². The smallest absolute Gasteiger partial charge is 0.244 e. The maximum absolute atomic E-state index is 4.64. The highest BCUT2D eigenvalue weighted by molar-refractivity contribution is 5.67. The molecule has 2 heterocycles. The molecule has 5 nitrogen and oxygen atoms in total. The number of nitrogens with one attached hydrogen (secondary N) is 1. The Balaban J connectivity index is 1.54. The van der Waals surface area contributed by atoms with E-state index in [0.29, 0.717) is 12.5 Å². The van der Waals surface area contributed by atoms with Crippen LogP contribution in [0.5, 0.6) is 0 Å². The minimum Gasteiger partial charge on any atom is -0.349 e. The molecule has 0 fully saturated rings. The second-order valence-electron chi connectivity index (χ2n) is 5.95. The largest absolute Gasteiger partial charge is 0.349 e. The van der Waals surface area contributed by atoms with E-state index < -0.39 is 0 Å². The van der Waals surface area contributed by atoms with Crippen LogP contribution in [0.3, 0.4) is 0 Å². The third-order valence-corrected chi connectivity index (χ3v) is 4.41. The van der Waals surface area contributed by atoms with Crippen LogP contribution in [0.2, 0.25) is 0 Å². The lowest BCUT2D eigenvalue weighted by molar-refractivity contribution is 0.903. The molecule has 5 heteroatoms. The SMILES string of the molecule is Cc1ccccc1CNc1nncc(N2CCc3ccccc32)n1. The molecule has 0 radical (unpaired) electrons. The van der Waals surface area contributed by atoms with E-state index in [4.69, 9.17) is 0 Å². The Morgan fingerprint density at radius 1 is 1.08 bits per heavy atom. The number of para-hydroxylation sites is 1. The van der Waals surface area contributed by atoms with Crippen molar-refractivity contribution < 1.29 is 0 Å². The van der Waals surface area contributed by atoms with Gasteiger partial charge in [0.15, 0.2) is 5.82 Å². The minimum atomic E-state index is 0.556. The van der Waals surface area contributed by atoms with Gasteiger partial charge in [0.1, 0.15) is 0 Å². The van der Waals surface area contributed by atoms with Crippen molar-refractivity contribution in [1.29, 1.82) is 0 Å². The lowest BCUT2D eigenvalue weighted by atomic mass is 10.1. The average molecular weight is 317 g/mol. The van der Waals surface area contributed by atoms with Gasteiger partial charge in [-0.05, 0) is 36.1 Å². The summed E-state index contributed by atoms with van der Waals surface area (Å²) in [6.45, 7) is 3.72. The van der Waals surface area contributed by atoms with Crippen LogP contribution in [0.15, 0.2) is 54.7 Å². The number of nitrogens with zero attached hydrogens (tertiary/aromatic N) is 4. The van der Waals surface area contributed by atoms with E-state index in [9.17, 15) is 0 Å². The van der Waals surface area contributed by atoms with Gasteiger partial charge >= 0.3 is 0 Å². The van der Waals surface area contributed by atoms with E-state index in [0.717, 1.165) is 18.8 Å². The second-order valence-corrected chi connectivity index (χ2v) is 5.95. The van der Waals surface area contributed by atoms with Crippen LogP contribution in [-0.2, 0) is 13.0 Å². The zero-order valence-electron chi connectivity index (χ0n) is 13.6. The van der Waals surface area contributed by atoms with Crippen LogP contribution in [-0.4, -0.2) is 21.7 Å². The quantitative estimate of drug-likeness (QED) is 0.798. The maximum Gasteiger partial charge on any atom is 0.244 e. The third-order valence-electron chi connectivity index (χ3n) is 4.41. The van der Waals surface area contributed by atoms with Crippen LogP contribution in [0, 0.1) is 6.92 Å². The molecule has 0 amide bonds. The molecule has 3 aromatic rings. The molecule has 0 spiro atoms. The van der Waals surface area contributed by atoms with E-state index in [1.165, 1.54) is 22.4 Å². The fourth-order valence-corrected chi connectivity index (χ4v) is 3.06. The molecule has 24 heavy (non-hydrogen) atoms. The van der Waals surface area contributed by atoms with Crippen molar-refractivity contribution in [2.45, 2.75) is 19.9 Å². The summed E-state index contributed by atoms with van der Waals surface area (Å²) >= 11 is 0. The zero-order valence-corrected chi connectivity index (χ0v) is 13.6. The molecule has 0 aliphatic carbocycles. The molecule has 1 aromatic heterocycles. The Labute approximate surface area is 141 Å². The predicted molar refractivity (Wildman–Crippen MR) is 95.5 cm³/mol. The Kier molecular flexibility index (Phi) is 3.83. The fourth-order valence-electron chi connectivity index (χ4n) is 3.06. The van der Waals surface area contributed by atoms with Crippen molar-refractivity contribution in [3.63, 3.8) is 0 Å². The van der Waals surface area contributed by atoms with Gasteiger partial charge in [-0.3, -0.25) is 0 Å². The van der Waals surface area contributed by atoms with Gasteiger partial charge in [-0.1, -0.05) is 42.5 Å². The summed E-state index contributed by atoms with van der Waals surface area (Å²) in [7, 11) is 0. The van der Waals surface area contributed by atoms with Crippen molar-refractivity contribution in [1.82, 2.24) is 15.2 Å². The van der Waals surface area contributed by atoms with E-state index in [2.05, 4.69) is 68.7 Å². The molecule has 1 N–H and O–H groups in total. The molecule has 1 aliphatic heterocycles. The van der Waals surface area contributed by atoms with Crippen molar-refractivity contribution >= 4 is 17.5 Å². The predicted octanol–water partition coefficient (Wildman–Crippen LogP) is 3.49. The second kappa shape index (κ2) is 6.28. The first-order valence-electron chi connectivity index (χ1n) is 8.15. The molecule has 0 saturated heterocycles. The molecule has 0 bridgehead atoms. The van der Waals surface area contributed by atoms with Gasteiger partial charge < -0.3 is 10.2 Å². The minimum absolute atomic E-state index is 0.556. The van der Waals surface area contributed by atoms with Crippen LogP contribution in [0.1, 0.15) is 16.7 Å². The number of anilines is 3. The number of hydrogen-bond donors (Lipinski definition) is 1. The fraction of sp³-hybridized carbons (Fsp3) is 0.211. The van der Waals surface area contributed by atoms with Gasteiger partial charge in [0.2, 0.25) is 5.95 Å². The highest BCUT2D eigenvalue weighted by Crippen LogP contribution is 2.32. The standard InChI is InChI=1S/C19H19N5/c1-14-6-2-3-8-16(14)12-20-19-22-18(13-21-23-19)24-11-10-15-7-4-5-9-17(15)24/h2-9,13H,10-12H2,1H3,(H,20,22,23). The Bertz CT molecular complexity index is 862. The van der Waals surface area contributed by atoms with E-state index in [-0.39, 0.29) is 0 Å². The lowest BCUT2D eigenvalue weighted by Gasteiger charge is -2.18. The molecule has 0 unspecified atom stereocenters. The zero-order chi connectivity index (χ0) is 16.4. The van der Waals surface area contributed by atoms with Crippen molar-refractivity contribution in [3.8, 4) is 0 Å². The summed E-state index contributed by atoms with van der Waals surface area (Å²) in [5, 5.41) is 11.5. The molecule has 4 rings (SSSR count). The number of hydrogen-bond acceptors (Lipinski definition) is 5. The molecule has 1 aliphatic rings. The summed E-state index contributed by atoms with van der Waals surface area (Å²) in [5.74, 6) is 1.39. The molecule has 2 aromatic carbocycles. The molecule has 120 valence electrons. The number of benzene rings is 2. The Hall–Kier alpha value is -2.95. The van der Waals surface area contributed by atoms with Crippen LogP contribution < -0.4 is 10.2 Å². The molecular formula is C19H19N5. The normalized spacial score (nSPS) is 13.0. The number of rotatable bonds is 4. The van der Waals surface area contributed by atoms with Crippen LogP contribution >= 0.6 is 0 Å². The van der Waals surface area contributed by atoms with Gasteiger partial charge in [-0.25, -0.2) is 0 Å². The summed E-state index contributed by atoms with van der Waals surface area (Å²) < 4.78 is 0. The first-order chi connectivity index (χ1) is 11.8. The molecular weight excluding hydrogens is 298 g/mol. The first-order valence-corrected chi connectivity index (χ1v) is 8.15. The number of aryl methyl sites for hydroxylation is 1. The number of fused-ring (bicyclic) bond motifs is 1. The van der Waals surface area contributed by atoms with Gasteiger partial charge in [0.25, 0.3) is 0 Å². The summed E-state index contributed by atoms with van der Waals surface area (Å²) in [6, 6.07) is 16.7. The van der Waals surface area contributed by atoms with Gasteiger partial charge in [0, 0.05) is 18.8 Å². The monoisotopic (exact) mass is 317 g/mol. The summed E-state index contributed by atoms with van der Waals surface area (Å²) in [6.07, 6.45) is 2.76. The first kappa shape index (κ1) is 14.6. The van der Waals surface area contributed by atoms with E-state index >= 15 is 0 Å². The topological polar surface area (TPSA) is 53.9 Å². The van der Waals surface area contributed by atoms with E-state index in [1.54, 1.807) is 6.20 Å². The molecule has 0 saturated carbocycles. The summed E-state index contributed by atoms with van der Waals surface area (Å²) in [4.78, 5) is 6.84. The van der Waals surface area contributed by atoms with Gasteiger partial charge in [-0.15, -0.1) is 5.10 Å². The number of aromatic nitrogens is 3. The highest BCUT2D eigenvalue weighted by Gasteiger charge is 2.21. The van der Waals surface area contributed by atoms with Crippen LogP contribution in [0.25, 0.3) is 0 Å². The summed E-state index contributed by atoms with van der Waals surface area (Å²) in [5.41, 5.74) is 5.05. The van der Waals surface area contributed by atoms with Crippen LogP contribution in [0.4, 0.5) is 17.5 Å². The third kappa shape index (κ3) is 2.80. The van der Waals surface area contributed by atoms with Crippen molar-refractivity contribution in [2.24, 2.45) is 0 Å². The van der Waals surface area contributed by atoms with Crippen molar-refractivity contribution in [3.05, 3.63) is 71.4 Å². The molecule has 0 atom stereocenters. The van der Waals surface area contributed by atoms with Gasteiger partial charge in [0.05, 0.1) is 6.20 Å².